The third kappa shape index (κ3) is 6.45. The molecule has 2 aromatic carbocycles. The normalized spacial score (nSPS) is 11.6. The van der Waals surface area contributed by atoms with Crippen LogP contribution in [0.4, 0.5) is 14.5 Å². The zero-order valence-electron chi connectivity index (χ0n) is 15.3. The Balaban J connectivity index is 1.79. The molecule has 0 bridgehead atoms. The highest BCUT2D eigenvalue weighted by Gasteiger charge is 2.18. The van der Waals surface area contributed by atoms with Crippen LogP contribution in [0.25, 0.3) is 0 Å². The van der Waals surface area contributed by atoms with Gasteiger partial charge in [-0.1, -0.05) is 12.1 Å². The standard InChI is InChI=1S/C20H19F2NO4S/c1-12(24)14-4-3-5-15(10-14)23-20(26)13(2)27-19(25)8-9-28-16-6-7-17(21)18(22)11-16/h3-7,10-11,13H,8-9H2,1-2H3,(H,23,26)/t13-/m1/s1. The Morgan fingerprint density at radius 1 is 1.11 bits per heavy atom. The predicted octanol–water partition coefficient (Wildman–Crippen LogP) is 4.22. The molecule has 2 rings (SSSR count). The largest absolute Gasteiger partial charge is 0.453 e. The van der Waals surface area contributed by atoms with Crippen molar-refractivity contribution in [3.63, 3.8) is 0 Å². The SMILES string of the molecule is CC(=O)c1cccc(NC(=O)[C@@H](C)OC(=O)CCSc2ccc(F)c(F)c2)c1. The number of amides is 1. The van der Waals surface area contributed by atoms with Crippen LogP contribution in [-0.4, -0.2) is 29.5 Å². The van der Waals surface area contributed by atoms with Crippen molar-refractivity contribution in [1.29, 1.82) is 0 Å². The molecule has 0 spiro atoms. The molecule has 0 aliphatic rings. The lowest BCUT2D eigenvalue weighted by Gasteiger charge is -2.14. The van der Waals surface area contributed by atoms with Crippen molar-refractivity contribution < 1.29 is 27.9 Å². The van der Waals surface area contributed by atoms with Gasteiger partial charge in [-0.05, 0) is 44.2 Å². The van der Waals surface area contributed by atoms with Gasteiger partial charge in [-0.25, -0.2) is 8.78 Å². The van der Waals surface area contributed by atoms with Gasteiger partial charge in [0.1, 0.15) is 0 Å². The van der Waals surface area contributed by atoms with E-state index in [-0.39, 0.29) is 12.2 Å². The number of esters is 1. The number of halogens is 2. The van der Waals surface area contributed by atoms with Gasteiger partial charge in [-0.3, -0.25) is 14.4 Å². The van der Waals surface area contributed by atoms with Crippen molar-refractivity contribution in [2.75, 3.05) is 11.1 Å². The fourth-order valence-electron chi connectivity index (χ4n) is 2.19. The summed E-state index contributed by atoms with van der Waals surface area (Å²) in [6, 6.07) is 9.91. The second-order valence-electron chi connectivity index (χ2n) is 5.93. The van der Waals surface area contributed by atoms with Crippen LogP contribution in [0, 0.1) is 11.6 Å². The molecule has 0 aliphatic heterocycles. The highest BCUT2D eigenvalue weighted by Crippen LogP contribution is 2.21. The van der Waals surface area contributed by atoms with Gasteiger partial charge in [0.2, 0.25) is 0 Å². The average Bonchev–Trinajstić information content (AvgIpc) is 2.64. The molecule has 0 aromatic heterocycles. The molecule has 1 amide bonds. The molecule has 5 nitrogen and oxygen atoms in total. The number of benzene rings is 2. The molecule has 0 radical (unpaired) electrons. The second kappa shape index (κ2) is 9.98. The van der Waals surface area contributed by atoms with E-state index in [2.05, 4.69) is 5.32 Å². The molecule has 0 saturated heterocycles. The van der Waals surface area contributed by atoms with E-state index in [0.717, 1.165) is 12.1 Å². The number of carbonyl (C=O) groups is 3. The summed E-state index contributed by atoms with van der Waals surface area (Å²) in [5, 5.41) is 2.59. The number of thioether (sulfide) groups is 1. The Morgan fingerprint density at radius 2 is 1.86 bits per heavy atom. The molecule has 0 unspecified atom stereocenters. The lowest BCUT2D eigenvalue weighted by atomic mass is 10.1. The van der Waals surface area contributed by atoms with E-state index in [1.54, 1.807) is 18.2 Å². The van der Waals surface area contributed by atoms with Gasteiger partial charge in [-0.15, -0.1) is 11.8 Å². The number of hydrogen-bond acceptors (Lipinski definition) is 5. The van der Waals surface area contributed by atoms with E-state index in [1.165, 1.54) is 37.7 Å². The lowest BCUT2D eigenvalue weighted by molar-refractivity contribution is -0.152. The van der Waals surface area contributed by atoms with Crippen LogP contribution in [0.1, 0.15) is 30.6 Å². The fourth-order valence-corrected chi connectivity index (χ4v) is 3.04. The Kier molecular flexibility index (Phi) is 7.69. The molecule has 0 aliphatic carbocycles. The van der Waals surface area contributed by atoms with Crippen molar-refractivity contribution in [3.8, 4) is 0 Å². The zero-order chi connectivity index (χ0) is 20.7. The number of rotatable bonds is 8. The molecule has 148 valence electrons. The smallest absolute Gasteiger partial charge is 0.307 e. The van der Waals surface area contributed by atoms with Crippen LogP contribution in [0.5, 0.6) is 0 Å². The van der Waals surface area contributed by atoms with Gasteiger partial charge in [-0.2, -0.15) is 0 Å². The third-order valence-electron chi connectivity index (χ3n) is 3.68. The minimum Gasteiger partial charge on any atom is -0.453 e. The summed E-state index contributed by atoms with van der Waals surface area (Å²) in [6.45, 7) is 2.86. The molecule has 1 N–H and O–H groups in total. The number of Topliss-reactive ketones (excluding diaryl/α,β-unsaturated/α-hetero) is 1. The van der Waals surface area contributed by atoms with Crippen LogP contribution in [-0.2, 0) is 14.3 Å². The van der Waals surface area contributed by atoms with Crippen LogP contribution in [0.15, 0.2) is 47.4 Å². The predicted molar refractivity (Wildman–Crippen MR) is 102 cm³/mol. The summed E-state index contributed by atoms with van der Waals surface area (Å²) < 4.78 is 31.1. The minimum absolute atomic E-state index is 0.00110. The summed E-state index contributed by atoms with van der Waals surface area (Å²) in [6.07, 6.45) is -1.03. The molecular formula is C20H19F2NO4S. The molecule has 0 heterocycles. The Hall–Kier alpha value is -2.74. The third-order valence-corrected chi connectivity index (χ3v) is 4.68. The highest BCUT2D eigenvalue weighted by molar-refractivity contribution is 7.99. The van der Waals surface area contributed by atoms with E-state index in [4.69, 9.17) is 4.74 Å². The maximum atomic E-state index is 13.1. The van der Waals surface area contributed by atoms with Gasteiger partial charge in [0.25, 0.3) is 5.91 Å². The van der Waals surface area contributed by atoms with Gasteiger partial charge < -0.3 is 10.1 Å². The average molecular weight is 407 g/mol. The van der Waals surface area contributed by atoms with Gasteiger partial charge in [0, 0.05) is 21.9 Å². The second-order valence-corrected chi connectivity index (χ2v) is 7.10. The first kappa shape index (κ1) is 21.6. The summed E-state index contributed by atoms with van der Waals surface area (Å²) in [5.41, 5.74) is 0.881. The van der Waals surface area contributed by atoms with E-state index in [0.29, 0.717) is 21.9 Å². The van der Waals surface area contributed by atoms with Crippen LogP contribution in [0.3, 0.4) is 0 Å². The van der Waals surface area contributed by atoms with Crippen molar-refractivity contribution >= 4 is 35.1 Å². The maximum absolute atomic E-state index is 13.1. The first-order valence-corrected chi connectivity index (χ1v) is 9.44. The lowest BCUT2D eigenvalue weighted by Crippen LogP contribution is -2.30. The Morgan fingerprint density at radius 3 is 2.54 bits per heavy atom. The van der Waals surface area contributed by atoms with Crippen molar-refractivity contribution in [2.24, 2.45) is 0 Å². The quantitative estimate of drug-likeness (QED) is 0.403. The highest BCUT2D eigenvalue weighted by atomic mass is 32.2. The van der Waals surface area contributed by atoms with Gasteiger partial charge >= 0.3 is 5.97 Å². The molecular weight excluding hydrogens is 388 g/mol. The number of hydrogen-bond donors (Lipinski definition) is 1. The number of ether oxygens (including phenoxy) is 1. The Bertz CT molecular complexity index is 888. The van der Waals surface area contributed by atoms with Gasteiger partial charge in [0.15, 0.2) is 23.5 Å². The number of carbonyl (C=O) groups excluding carboxylic acids is 3. The molecule has 2 aromatic rings. The molecule has 0 saturated carbocycles. The number of nitrogens with one attached hydrogen (secondary N) is 1. The van der Waals surface area contributed by atoms with Crippen LogP contribution < -0.4 is 5.32 Å². The molecule has 28 heavy (non-hydrogen) atoms. The fraction of sp³-hybridized carbons (Fsp3) is 0.250. The number of anilines is 1. The van der Waals surface area contributed by atoms with Gasteiger partial charge in [0.05, 0.1) is 6.42 Å². The van der Waals surface area contributed by atoms with Crippen molar-refractivity contribution in [2.45, 2.75) is 31.3 Å². The first-order valence-electron chi connectivity index (χ1n) is 8.45. The van der Waals surface area contributed by atoms with Crippen molar-refractivity contribution in [1.82, 2.24) is 0 Å². The maximum Gasteiger partial charge on any atom is 0.307 e. The molecule has 1 atom stereocenters. The van der Waals surface area contributed by atoms with Crippen molar-refractivity contribution in [3.05, 3.63) is 59.7 Å². The molecule has 0 fully saturated rings. The minimum atomic E-state index is -1.03. The topological polar surface area (TPSA) is 72.5 Å². The van der Waals surface area contributed by atoms with Crippen LogP contribution in [0.2, 0.25) is 0 Å². The number of ketones is 1. The Labute approximate surface area is 165 Å². The molecule has 8 heteroatoms. The zero-order valence-corrected chi connectivity index (χ0v) is 16.1. The van der Waals surface area contributed by atoms with E-state index >= 15 is 0 Å². The first-order chi connectivity index (χ1) is 13.3. The van der Waals surface area contributed by atoms with Crippen LogP contribution >= 0.6 is 11.8 Å². The summed E-state index contributed by atoms with van der Waals surface area (Å²) >= 11 is 1.17. The van der Waals surface area contributed by atoms with E-state index in [9.17, 15) is 23.2 Å². The van der Waals surface area contributed by atoms with E-state index < -0.39 is 29.6 Å². The summed E-state index contributed by atoms with van der Waals surface area (Å²) in [7, 11) is 0. The monoisotopic (exact) mass is 407 g/mol. The summed E-state index contributed by atoms with van der Waals surface area (Å²) in [5.74, 6) is -2.84. The van der Waals surface area contributed by atoms with E-state index in [1.807, 2.05) is 0 Å². The summed E-state index contributed by atoms with van der Waals surface area (Å²) in [4.78, 5) is 35.9.